The Hall–Kier alpha value is -1.63. The highest BCUT2D eigenvalue weighted by molar-refractivity contribution is 5.87. The second-order valence-corrected chi connectivity index (χ2v) is 7.04. The molecule has 1 saturated carbocycles. The molecule has 0 spiro atoms. The molecule has 2 amide bonds. The van der Waals surface area contributed by atoms with Crippen LogP contribution >= 0.6 is 0 Å². The summed E-state index contributed by atoms with van der Waals surface area (Å²) in [5, 5.41) is 5.32. The third kappa shape index (κ3) is 6.99. The van der Waals surface area contributed by atoms with E-state index in [0.717, 1.165) is 5.92 Å². The van der Waals surface area contributed by atoms with Crippen molar-refractivity contribution in [2.45, 2.75) is 58.0 Å². The molecule has 7 heteroatoms. The highest BCUT2D eigenvalue weighted by Gasteiger charge is 2.39. The SMILES string of the molecule is CC1CC1.COC(=O)C(CC1CC(C)(C)NC1=O)NC(=O)CN. The molecule has 1 aliphatic carbocycles. The van der Waals surface area contributed by atoms with Crippen LogP contribution < -0.4 is 16.4 Å². The van der Waals surface area contributed by atoms with Crippen LogP contribution in [-0.2, 0) is 19.1 Å². The second kappa shape index (κ2) is 8.29. The lowest BCUT2D eigenvalue weighted by Gasteiger charge is -2.19. The summed E-state index contributed by atoms with van der Waals surface area (Å²) in [5.41, 5.74) is 4.91. The van der Waals surface area contributed by atoms with Crippen LogP contribution in [0.15, 0.2) is 0 Å². The summed E-state index contributed by atoms with van der Waals surface area (Å²) < 4.78 is 4.63. The quantitative estimate of drug-likeness (QED) is 0.630. The number of carbonyl (C=O) groups excluding carboxylic acids is 3. The molecule has 4 N–H and O–H groups in total. The number of nitrogens with two attached hydrogens (primary N) is 1. The molecule has 0 aromatic heterocycles. The van der Waals surface area contributed by atoms with E-state index in [-0.39, 0.29) is 30.3 Å². The van der Waals surface area contributed by atoms with Crippen molar-refractivity contribution in [3.8, 4) is 0 Å². The van der Waals surface area contributed by atoms with Gasteiger partial charge in [0.1, 0.15) is 6.04 Å². The average molecular weight is 327 g/mol. The topological polar surface area (TPSA) is 111 Å². The van der Waals surface area contributed by atoms with Crippen molar-refractivity contribution in [1.82, 2.24) is 10.6 Å². The number of carbonyl (C=O) groups is 3. The number of rotatable bonds is 5. The van der Waals surface area contributed by atoms with Crippen LogP contribution in [-0.4, -0.2) is 43.0 Å². The van der Waals surface area contributed by atoms with E-state index in [4.69, 9.17) is 5.73 Å². The molecule has 2 aliphatic rings. The molecule has 1 saturated heterocycles. The van der Waals surface area contributed by atoms with Gasteiger partial charge in [-0.2, -0.15) is 0 Å². The highest BCUT2D eigenvalue weighted by atomic mass is 16.5. The molecule has 2 rings (SSSR count). The third-order valence-corrected chi connectivity index (χ3v) is 3.98. The highest BCUT2D eigenvalue weighted by Crippen LogP contribution is 2.28. The Labute approximate surface area is 137 Å². The molecule has 7 nitrogen and oxygen atoms in total. The molecule has 2 atom stereocenters. The zero-order valence-corrected chi connectivity index (χ0v) is 14.5. The van der Waals surface area contributed by atoms with E-state index in [1.54, 1.807) is 0 Å². The summed E-state index contributed by atoms with van der Waals surface area (Å²) in [6, 6.07) is -0.842. The minimum atomic E-state index is -0.842. The van der Waals surface area contributed by atoms with Crippen LogP contribution in [0.2, 0.25) is 0 Å². The van der Waals surface area contributed by atoms with Gasteiger partial charge < -0.3 is 21.1 Å². The van der Waals surface area contributed by atoms with Gasteiger partial charge in [-0.15, -0.1) is 0 Å². The number of hydrogen-bond donors (Lipinski definition) is 3. The molecule has 132 valence electrons. The molecule has 2 fully saturated rings. The maximum absolute atomic E-state index is 11.8. The van der Waals surface area contributed by atoms with Gasteiger partial charge in [0.15, 0.2) is 0 Å². The maximum Gasteiger partial charge on any atom is 0.328 e. The van der Waals surface area contributed by atoms with Crippen LogP contribution in [0.4, 0.5) is 0 Å². The first-order valence-electron chi connectivity index (χ1n) is 8.07. The molecule has 0 aromatic carbocycles. The fourth-order valence-electron chi connectivity index (χ4n) is 2.45. The van der Waals surface area contributed by atoms with E-state index < -0.39 is 17.9 Å². The monoisotopic (exact) mass is 327 g/mol. The molecule has 2 unspecified atom stereocenters. The predicted molar refractivity (Wildman–Crippen MR) is 86.3 cm³/mol. The number of esters is 1. The largest absolute Gasteiger partial charge is 0.467 e. The lowest BCUT2D eigenvalue weighted by Crippen LogP contribution is -2.45. The number of nitrogens with one attached hydrogen (secondary N) is 2. The fourth-order valence-corrected chi connectivity index (χ4v) is 2.45. The predicted octanol–water partition coefficient (Wildman–Crippen LogP) is 0.324. The van der Waals surface area contributed by atoms with Crippen LogP contribution in [0, 0.1) is 11.8 Å². The summed E-state index contributed by atoms with van der Waals surface area (Å²) in [7, 11) is 1.24. The first kappa shape index (κ1) is 19.4. The van der Waals surface area contributed by atoms with Gasteiger partial charge in [-0.1, -0.05) is 19.8 Å². The first-order chi connectivity index (χ1) is 10.7. The van der Waals surface area contributed by atoms with Gasteiger partial charge in [0.25, 0.3) is 0 Å². The van der Waals surface area contributed by atoms with Crippen molar-refractivity contribution < 1.29 is 19.1 Å². The standard InChI is InChI=1S/C12H21N3O4.C4H8/c1-12(2)5-7(10(17)15-12)4-8(11(18)19-3)14-9(16)6-13;1-4-2-3-4/h7-8H,4-6,13H2,1-3H3,(H,14,16)(H,15,17);4H,2-3H2,1H3. The Morgan fingerprint density at radius 2 is 2.00 bits per heavy atom. The Balaban J connectivity index is 0.000000570. The molecule has 0 aromatic rings. The van der Waals surface area contributed by atoms with Crippen molar-refractivity contribution >= 4 is 17.8 Å². The Bertz CT molecular complexity index is 447. The van der Waals surface area contributed by atoms with E-state index in [1.165, 1.54) is 20.0 Å². The van der Waals surface area contributed by atoms with E-state index in [0.29, 0.717) is 6.42 Å². The Morgan fingerprint density at radius 3 is 2.35 bits per heavy atom. The third-order valence-electron chi connectivity index (χ3n) is 3.98. The van der Waals surface area contributed by atoms with Crippen molar-refractivity contribution in [3.63, 3.8) is 0 Å². The Kier molecular flexibility index (Phi) is 7.00. The van der Waals surface area contributed by atoms with Gasteiger partial charge >= 0.3 is 5.97 Å². The van der Waals surface area contributed by atoms with E-state index >= 15 is 0 Å². The molecule has 0 bridgehead atoms. The smallest absolute Gasteiger partial charge is 0.328 e. The van der Waals surface area contributed by atoms with Crippen LogP contribution in [0.1, 0.15) is 46.5 Å². The van der Waals surface area contributed by atoms with E-state index in [9.17, 15) is 14.4 Å². The van der Waals surface area contributed by atoms with Gasteiger partial charge in [-0.3, -0.25) is 9.59 Å². The number of ether oxygens (including phenoxy) is 1. The summed E-state index contributed by atoms with van der Waals surface area (Å²) >= 11 is 0. The fraction of sp³-hybridized carbons (Fsp3) is 0.812. The second-order valence-electron chi connectivity index (χ2n) is 7.04. The molecule has 1 heterocycles. The molecule has 1 aliphatic heterocycles. The van der Waals surface area contributed by atoms with Gasteiger partial charge in [-0.25, -0.2) is 4.79 Å². The van der Waals surface area contributed by atoms with Crippen LogP contribution in [0.5, 0.6) is 0 Å². The summed E-state index contributed by atoms with van der Waals surface area (Å²) in [6.45, 7) is 5.89. The average Bonchev–Trinajstić information content (AvgIpc) is 3.21. The summed E-state index contributed by atoms with van der Waals surface area (Å²) in [6.07, 6.45) is 3.80. The normalized spacial score (nSPS) is 23.2. The van der Waals surface area contributed by atoms with E-state index in [1.807, 2.05) is 13.8 Å². The van der Waals surface area contributed by atoms with Crippen molar-refractivity contribution in [1.29, 1.82) is 0 Å². The molecular weight excluding hydrogens is 298 g/mol. The first-order valence-corrected chi connectivity index (χ1v) is 8.07. The lowest BCUT2D eigenvalue weighted by molar-refractivity contribution is -0.145. The summed E-state index contributed by atoms with van der Waals surface area (Å²) in [4.78, 5) is 34.7. The zero-order valence-electron chi connectivity index (χ0n) is 14.5. The Morgan fingerprint density at radius 1 is 1.43 bits per heavy atom. The number of methoxy groups -OCH3 is 1. The minimum absolute atomic E-state index is 0.110. The van der Waals surface area contributed by atoms with Crippen molar-refractivity contribution in [3.05, 3.63) is 0 Å². The van der Waals surface area contributed by atoms with Gasteiger partial charge in [0.05, 0.1) is 13.7 Å². The van der Waals surface area contributed by atoms with E-state index in [2.05, 4.69) is 22.3 Å². The minimum Gasteiger partial charge on any atom is -0.467 e. The lowest BCUT2D eigenvalue weighted by atomic mass is 9.91. The van der Waals surface area contributed by atoms with Crippen LogP contribution in [0.3, 0.4) is 0 Å². The van der Waals surface area contributed by atoms with Crippen molar-refractivity contribution in [2.24, 2.45) is 17.6 Å². The van der Waals surface area contributed by atoms with Crippen LogP contribution in [0.25, 0.3) is 0 Å². The summed E-state index contributed by atoms with van der Waals surface area (Å²) in [5.74, 6) is -0.370. The van der Waals surface area contributed by atoms with Gasteiger partial charge in [0.2, 0.25) is 11.8 Å². The maximum atomic E-state index is 11.8. The number of hydrogen-bond acceptors (Lipinski definition) is 5. The molecular formula is C16H29N3O4. The zero-order chi connectivity index (χ0) is 17.6. The van der Waals surface area contributed by atoms with Gasteiger partial charge in [0, 0.05) is 11.5 Å². The van der Waals surface area contributed by atoms with Gasteiger partial charge in [-0.05, 0) is 32.6 Å². The molecule has 23 heavy (non-hydrogen) atoms. The van der Waals surface area contributed by atoms with Crippen molar-refractivity contribution in [2.75, 3.05) is 13.7 Å². The molecule has 0 radical (unpaired) electrons. The number of amides is 2.